The number of rotatable bonds is 2. The summed E-state index contributed by atoms with van der Waals surface area (Å²) < 4.78 is 45.2. The van der Waals surface area contributed by atoms with Crippen molar-refractivity contribution in [2.75, 3.05) is 7.11 Å². The highest BCUT2D eigenvalue weighted by atomic mass is 19.4. The zero-order chi connectivity index (χ0) is 15.0. The summed E-state index contributed by atoms with van der Waals surface area (Å²) >= 11 is 0. The van der Waals surface area contributed by atoms with Gasteiger partial charge in [0.1, 0.15) is 0 Å². The van der Waals surface area contributed by atoms with Gasteiger partial charge in [0, 0.05) is 5.56 Å². The Kier molecular flexibility index (Phi) is 3.04. The predicted octanol–water partition coefficient (Wildman–Crippen LogP) is 3.42. The summed E-state index contributed by atoms with van der Waals surface area (Å²) in [6.45, 7) is 0. The van der Waals surface area contributed by atoms with Crippen molar-refractivity contribution in [2.24, 2.45) is 0 Å². The molecule has 0 radical (unpaired) electrons. The third kappa shape index (κ3) is 2.31. The summed E-state index contributed by atoms with van der Waals surface area (Å²) in [7, 11) is 1.48. The van der Waals surface area contributed by atoms with Gasteiger partial charge in [-0.2, -0.15) is 13.2 Å². The molecule has 3 rings (SSSR count). The molecule has 0 bridgehead atoms. The number of aromatic nitrogens is 3. The first-order valence-electron chi connectivity index (χ1n) is 6.06. The van der Waals surface area contributed by atoms with Crippen LogP contribution in [0.3, 0.4) is 0 Å². The molecule has 2 heterocycles. The lowest BCUT2D eigenvalue weighted by molar-refractivity contribution is -0.137. The highest BCUT2D eigenvalue weighted by Gasteiger charge is 2.30. The molecule has 0 fully saturated rings. The second-order valence-corrected chi connectivity index (χ2v) is 4.36. The van der Waals surface area contributed by atoms with Crippen LogP contribution in [0.1, 0.15) is 5.56 Å². The van der Waals surface area contributed by atoms with E-state index >= 15 is 0 Å². The molecule has 0 N–H and O–H groups in total. The van der Waals surface area contributed by atoms with E-state index in [1.54, 1.807) is 28.7 Å². The summed E-state index contributed by atoms with van der Waals surface area (Å²) in [6.07, 6.45) is -4.40. The molecular formula is C14H10F3N3O. The Morgan fingerprint density at radius 1 is 1.05 bits per heavy atom. The molecule has 3 aromatic rings. The number of fused-ring (bicyclic) bond motifs is 1. The largest absolute Gasteiger partial charge is 0.482 e. The molecule has 0 unspecified atom stereocenters. The highest BCUT2D eigenvalue weighted by molar-refractivity contribution is 5.62. The number of alkyl halides is 3. The number of halogens is 3. The standard InChI is InChI=1S/C14H10F3N3O/c1-21-12-7-3-6-11-18-19-13(20(11)12)9-4-2-5-10(8-9)14(15,16)17/h2-8H,1H3. The van der Waals surface area contributed by atoms with Crippen LogP contribution in [0.25, 0.3) is 17.0 Å². The first-order valence-corrected chi connectivity index (χ1v) is 6.06. The van der Waals surface area contributed by atoms with Crippen LogP contribution in [-0.2, 0) is 6.18 Å². The fourth-order valence-corrected chi connectivity index (χ4v) is 2.09. The number of methoxy groups -OCH3 is 1. The van der Waals surface area contributed by atoms with Crippen LogP contribution < -0.4 is 4.74 Å². The Morgan fingerprint density at radius 2 is 1.81 bits per heavy atom. The van der Waals surface area contributed by atoms with Crippen molar-refractivity contribution in [3.05, 3.63) is 48.0 Å². The predicted molar refractivity (Wildman–Crippen MR) is 70.0 cm³/mol. The topological polar surface area (TPSA) is 39.4 Å². The fourth-order valence-electron chi connectivity index (χ4n) is 2.09. The first-order chi connectivity index (χ1) is 10.0. The number of benzene rings is 1. The van der Waals surface area contributed by atoms with Gasteiger partial charge >= 0.3 is 6.18 Å². The van der Waals surface area contributed by atoms with Gasteiger partial charge in [-0.15, -0.1) is 10.2 Å². The Morgan fingerprint density at radius 3 is 2.52 bits per heavy atom. The molecule has 2 aromatic heterocycles. The van der Waals surface area contributed by atoms with Crippen molar-refractivity contribution >= 4 is 5.65 Å². The van der Waals surface area contributed by atoms with Gasteiger partial charge in [0.2, 0.25) is 5.88 Å². The monoisotopic (exact) mass is 293 g/mol. The maximum absolute atomic E-state index is 12.8. The van der Waals surface area contributed by atoms with Crippen LogP contribution in [-0.4, -0.2) is 21.7 Å². The maximum Gasteiger partial charge on any atom is 0.416 e. The Labute approximate surface area is 117 Å². The van der Waals surface area contributed by atoms with E-state index in [4.69, 9.17) is 4.74 Å². The molecule has 0 saturated carbocycles. The molecule has 0 aliphatic carbocycles. The number of nitrogens with zero attached hydrogens (tertiary/aromatic N) is 3. The minimum Gasteiger partial charge on any atom is -0.482 e. The minimum atomic E-state index is -4.40. The molecule has 21 heavy (non-hydrogen) atoms. The van der Waals surface area contributed by atoms with E-state index in [0.717, 1.165) is 12.1 Å². The smallest absolute Gasteiger partial charge is 0.416 e. The van der Waals surface area contributed by atoms with E-state index in [2.05, 4.69) is 10.2 Å². The van der Waals surface area contributed by atoms with Gasteiger partial charge in [-0.05, 0) is 24.3 Å². The second-order valence-electron chi connectivity index (χ2n) is 4.36. The average Bonchev–Trinajstić information content (AvgIpc) is 2.90. The van der Waals surface area contributed by atoms with Crippen molar-refractivity contribution in [1.29, 1.82) is 0 Å². The van der Waals surface area contributed by atoms with Crippen LogP contribution in [0.15, 0.2) is 42.5 Å². The lowest BCUT2D eigenvalue weighted by atomic mass is 10.1. The summed E-state index contributed by atoms with van der Waals surface area (Å²) in [5.41, 5.74) is 0.0928. The van der Waals surface area contributed by atoms with Gasteiger partial charge in [0.15, 0.2) is 11.5 Å². The summed E-state index contributed by atoms with van der Waals surface area (Å²) in [6, 6.07) is 10.1. The molecule has 0 aliphatic heterocycles. The lowest BCUT2D eigenvalue weighted by Crippen LogP contribution is -2.05. The van der Waals surface area contributed by atoms with E-state index in [9.17, 15) is 13.2 Å². The van der Waals surface area contributed by atoms with Gasteiger partial charge in [0.25, 0.3) is 0 Å². The minimum absolute atomic E-state index is 0.300. The fraction of sp³-hybridized carbons (Fsp3) is 0.143. The number of pyridine rings is 1. The first kappa shape index (κ1) is 13.4. The molecule has 4 nitrogen and oxygen atoms in total. The Balaban J connectivity index is 2.22. The SMILES string of the molecule is COc1cccc2nnc(-c3cccc(C(F)(F)F)c3)n12. The van der Waals surface area contributed by atoms with Crippen LogP contribution in [0, 0.1) is 0 Å². The van der Waals surface area contributed by atoms with Crippen molar-refractivity contribution in [2.45, 2.75) is 6.18 Å². The molecule has 1 aromatic carbocycles. The zero-order valence-corrected chi connectivity index (χ0v) is 10.9. The molecule has 108 valence electrons. The molecule has 0 aliphatic rings. The zero-order valence-electron chi connectivity index (χ0n) is 10.9. The quantitative estimate of drug-likeness (QED) is 0.726. The Hall–Kier alpha value is -2.57. The van der Waals surface area contributed by atoms with Gasteiger partial charge < -0.3 is 4.74 Å². The van der Waals surface area contributed by atoms with E-state index in [0.29, 0.717) is 22.9 Å². The lowest BCUT2D eigenvalue weighted by Gasteiger charge is -2.09. The summed E-state index contributed by atoms with van der Waals surface area (Å²) in [5.74, 6) is 0.749. The maximum atomic E-state index is 12.8. The molecule has 0 atom stereocenters. The molecule has 0 spiro atoms. The van der Waals surface area contributed by atoms with Gasteiger partial charge in [-0.25, -0.2) is 4.40 Å². The van der Waals surface area contributed by atoms with Crippen molar-refractivity contribution in [1.82, 2.24) is 14.6 Å². The van der Waals surface area contributed by atoms with Gasteiger partial charge in [-0.3, -0.25) is 0 Å². The van der Waals surface area contributed by atoms with Crippen molar-refractivity contribution < 1.29 is 17.9 Å². The van der Waals surface area contributed by atoms with Crippen LogP contribution >= 0.6 is 0 Å². The second kappa shape index (κ2) is 4.76. The average molecular weight is 293 g/mol. The van der Waals surface area contributed by atoms with Gasteiger partial charge in [0.05, 0.1) is 12.7 Å². The van der Waals surface area contributed by atoms with E-state index in [1.807, 2.05) is 0 Å². The van der Waals surface area contributed by atoms with Crippen LogP contribution in [0.4, 0.5) is 13.2 Å². The molecular weight excluding hydrogens is 283 g/mol. The van der Waals surface area contributed by atoms with Crippen molar-refractivity contribution in [3.8, 4) is 17.3 Å². The normalized spacial score (nSPS) is 11.8. The Bertz CT molecular complexity index is 796. The third-order valence-corrected chi connectivity index (χ3v) is 3.05. The van der Waals surface area contributed by atoms with Crippen LogP contribution in [0.2, 0.25) is 0 Å². The van der Waals surface area contributed by atoms with Crippen molar-refractivity contribution in [3.63, 3.8) is 0 Å². The highest BCUT2D eigenvalue weighted by Crippen LogP contribution is 2.32. The molecule has 0 saturated heterocycles. The summed E-state index contributed by atoms with van der Waals surface area (Å²) in [5, 5.41) is 7.91. The van der Waals surface area contributed by atoms with Gasteiger partial charge in [-0.1, -0.05) is 18.2 Å². The van der Waals surface area contributed by atoms with E-state index < -0.39 is 11.7 Å². The summed E-state index contributed by atoms with van der Waals surface area (Å²) in [4.78, 5) is 0. The number of hydrogen-bond donors (Lipinski definition) is 0. The number of ether oxygens (including phenoxy) is 1. The molecule has 0 amide bonds. The third-order valence-electron chi connectivity index (χ3n) is 3.05. The van der Waals surface area contributed by atoms with Crippen LogP contribution in [0.5, 0.6) is 5.88 Å². The van der Waals surface area contributed by atoms with E-state index in [-0.39, 0.29) is 0 Å². The van der Waals surface area contributed by atoms with E-state index in [1.165, 1.54) is 13.2 Å². The molecule has 7 heteroatoms. The number of hydrogen-bond acceptors (Lipinski definition) is 3.